The molecule has 0 aliphatic carbocycles. The molecule has 1 atom stereocenters. The first-order valence-electron chi connectivity index (χ1n) is 7.92. The molecule has 1 unspecified atom stereocenters. The van der Waals surface area contributed by atoms with E-state index < -0.39 is 17.9 Å². The number of para-hydroxylation sites is 1. The van der Waals surface area contributed by atoms with Crippen LogP contribution in [0.2, 0.25) is 0 Å². The van der Waals surface area contributed by atoms with Crippen LogP contribution in [-0.2, 0) is 9.53 Å². The molecule has 0 fully saturated rings. The summed E-state index contributed by atoms with van der Waals surface area (Å²) in [4.78, 5) is 23.9. The number of benzene rings is 1. The predicted molar refractivity (Wildman–Crippen MR) is 95.1 cm³/mol. The van der Waals surface area contributed by atoms with Crippen LogP contribution in [0.15, 0.2) is 49.1 Å². The summed E-state index contributed by atoms with van der Waals surface area (Å²) in [5.74, 6) is -1.58. The third-order valence-electron chi connectivity index (χ3n) is 3.81. The van der Waals surface area contributed by atoms with E-state index >= 15 is 0 Å². The van der Waals surface area contributed by atoms with Crippen LogP contribution >= 0.6 is 0 Å². The topological polar surface area (TPSA) is 80.6 Å². The Balaban J connectivity index is 2.22. The number of nitrogens with one attached hydrogen (secondary N) is 1. The van der Waals surface area contributed by atoms with Crippen molar-refractivity contribution in [3.05, 3.63) is 66.0 Å². The second kappa shape index (κ2) is 8.30. The van der Waals surface area contributed by atoms with E-state index in [1.54, 1.807) is 6.07 Å². The van der Waals surface area contributed by atoms with E-state index in [1.807, 2.05) is 48.7 Å². The van der Waals surface area contributed by atoms with Gasteiger partial charge in [-0.15, -0.1) is 6.58 Å². The summed E-state index contributed by atoms with van der Waals surface area (Å²) < 4.78 is 7.11. The Morgan fingerprint density at radius 1 is 1.32 bits per heavy atom. The van der Waals surface area contributed by atoms with Crippen molar-refractivity contribution in [2.24, 2.45) is 0 Å². The molecule has 0 aliphatic heterocycles. The molecule has 6 heteroatoms. The van der Waals surface area contributed by atoms with Crippen LogP contribution < -0.4 is 5.32 Å². The number of amides is 1. The van der Waals surface area contributed by atoms with Crippen LogP contribution in [0, 0.1) is 13.8 Å². The molecular weight excluding hydrogens is 320 g/mol. The number of carboxylic acid groups (broad SMARTS) is 1. The van der Waals surface area contributed by atoms with Gasteiger partial charge in [-0.05, 0) is 32.0 Å². The Kier molecular flexibility index (Phi) is 6.14. The van der Waals surface area contributed by atoms with E-state index in [4.69, 9.17) is 4.74 Å². The van der Waals surface area contributed by atoms with Crippen LogP contribution in [0.3, 0.4) is 0 Å². The van der Waals surface area contributed by atoms with Crippen molar-refractivity contribution in [3.8, 4) is 5.69 Å². The maximum absolute atomic E-state index is 12.5. The van der Waals surface area contributed by atoms with E-state index in [9.17, 15) is 14.7 Å². The first kappa shape index (κ1) is 18.5. The minimum absolute atomic E-state index is 0.121. The number of carbonyl (C=O) groups is 2. The molecule has 1 aromatic heterocycles. The lowest BCUT2D eigenvalue weighted by Crippen LogP contribution is -2.44. The molecule has 2 rings (SSSR count). The number of aliphatic carboxylic acids is 1. The monoisotopic (exact) mass is 342 g/mol. The van der Waals surface area contributed by atoms with E-state index in [2.05, 4.69) is 11.9 Å². The number of hydrogen-bond donors (Lipinski definition) is 2. The summed E-state index contributed by atoms with van der Waals surface area (Å²) in [7, 11) is 0. The molecule has 0 aliphatic rings. The van der Waals surface area contributed by atoms with Gasteiger partial charge in [0.05, 0.1) is 18.8 Å². The van der Waals surface area contributed by atoms with Gasteiger partial charge in [0.2, 0.25) is 0 Å². The molecule has 0 radical (unpaired) electrons. The lowest BCUT2D eigenvalue weighted by atomic mass is 10.2. The van der Waals surface area contributed by atoms with Gasteiger partial charge in [-0.25, -0.2) is 4.79 Å². The molecule has 0 saturated heterocycles. The number of carbonyl (C=O) groups excluding carboxylic acids is 1. The van der Waals surface area contributed by atoms with Crippen LogP contribution in [0.5, 0.6) is 0 Å². The van der Waals surface area contributed by atoms with Gasteiger partial charge in [0, 0.05) is 17.1 Å². The number of ether oxygens (including phenoxy) is 1. The van der Waals surface area contributed by atoms with Crippen LogP contribution in [-0.4, -0.2) is 40.8 Å². The van der Waals surface area contributed by atoms with Gasteiger partial charge in [-0.1, -0.05) is 24.3 Å². The van der Waals surface area contributed by atoms with Crippen LogP contribution in [0.25, 0.3) is 5.69 Å². The second-order valence-corrected chi connectivity index (χ2v) is 5.65. The fourth-order valence-corrected chi connectivity index (χ4v) is 2.65. The zero-order chi connectivity index (χ0) is 18.4. The number of nitrogens with zero attached hydrogens (tertiary/aromatic N) is 1. The Labute approximate surface area is 146 Å². The van der Waals surface area contributed by atoms with Crippen molar-refractivity contribution in [2.75, 3.05) is 13.2 Å². The molecule has 2 aromatic rings. The average Bonchev–Trinajstić information content (AvgIpc) is 2.89. The van der Waals surface area contributed by atoms with E-state index in [0.717, 1.165) is 17.1 Å². The van der Waals surface area contributed by atoms with Crippen molar-refractivity contribution in [3.63, 3.8) is 0 Å². The first-order valence-corrected chi connectivity index (χ1v) is 7.92. The molecule has 6 nitrogen and oxygen atoms in total. The number of rotatable bonds is 8. The Bertz CT molecular complexity index is 765. The summed E-state index contributed by atoms with van der Waals surface area (Å²) in [5, 5.41) is 11.8. The zero-order valence-corrected chi connectivity index (χ0v) is 14.4. The molecule has 0 bridgehead atoms. The minimum atomic E-state index is -1.14. The standard InChI is InChI=1S/C19H22N2O4/c1-4-10-25-12-17(19(23)24)20-18(22)16-11-13(2)21(14(16)3)15-8-6-5-7-9-15/h4-9,11,17H,1,10,12H2,2-3H3,(H,20,22)(H,23,24). The summed E-state index contributed by atoms with van der Waals surface area (Å²) in [6.45, 7) is 7.34. The van der Waals surface area contributed by atoms with E-state index in [1.165, 1.54) is 6.08 Å². The number of aryl methyl sites for hydroxylation is 1. The van der Waals surface area contributed by atoms with Crippen LogP contribution in [0.1, 0.15) is 21.7 Å². The largest absolute Gasteiger partial charge is 0.480 e. The van der Waals surface area contributed by atoms with Gasteiger partial charge in [0.1, 0.15) is 0 Å². The summed E-state index contributed by atoms with van der Waals surface area (Å²) >= 11 is 0. The third kappa shape index (κ3) is 4.36. The molecule has 1 aromatic carbocycles. The summed E-state index contributed by atoms with van der Waals surface area (Å²) in [6, 6.07) is 10.3. The molecule has 2 N–H and O–H groups in total. The Morgan fingerprint density at radius 2 is 2.00 bits per heavy atom. The average molecular weight is 342 g/mol. The fourth-order valence-electron chi connectivity index (χ4n) is 2.65. The van der Waals surface area contributed by atoms with Crippen molar-refractivity contribution in [1.29, 1.82) is 0 Å². The van der Waals surface area contributed by atoms with Gasteiger partial charge in [-0.3, -0.25) is 4.79 Å². The number of hydrogen-bond acceptors (Lipinski definition) is 3. The fraction of sp³-hybridized carbons (Fsp3) is 0.263. The van der Waals surface area contributed by atoms with Crippen molar-refractivity contribution in [2.45, 2.75) is 19.9 Å². The van der Waals surface area contributed by atoms with E-state index in [-0.39, 0.29) is 13.2 Å². The highest BCUT2D eigenvalue weighted by atomic mass is 16.5. The highest BCUT2D eigenvalue weighted by Crippen LogP contribution is 2.20. The Hall–Kier alpha value is -2.86. The molecule has 1 amide bonds. The minimum Gasteiger partial charge on any atom is -0.480 e. The SMILES string of the molecule is C=CCOCC(NC(=O)c1cc(C)n(-c2ccccc2)c1C)C(=O)O. The summed E-state index contributed by atoms with van der Waals surface area (Å²) in [6.07, 6.45) is 1.52. The predicted octanol–water partition coefficient (Wildman–Crippen LogP) is 2.48. The van der Waals surface area contributed by atoms with Crippen molar-refractivity contribution < 1.29 is 19.4 Å². The quantitative estimate of drug-likeness (QED) is 0.570. The van der Waals surface area contributed by atoms with Crippen LogP contribution in [0.4, 0.5) is 0 Å². The first-order chi connectivity index (χ1) is 12.0. The maximum atomic E-state index is 12.5. The highest BCUT2D eigenvalue weighted by molar-refractivity contribution is 5.98. The second-order valence-electron chi connectivity index (χ2n) is 5.65. The van der Waals surface area contributed by atoms with Gasteiger partial charge >= 0.3 is 5.97 Å². The van der Waals surface area contributed by atoms with Crippen molar-refractivity contribution in [1.82, 2.24) is 9.88 Å². The normalized spacial score (nSPS) is 11.8. The number of carboxylic acids is 1. The Morgan fingerprint density at radius 3 is 2.60 bits per heavy atom. The summed E-state index contributed by atoms with van der Waals surface area (Å²) in [5.41, 5.74) is 3.03. The molecule has 1 heterocycles. The van der Waals surface area contributed by atoms with Gasteiger partial charge in [0.15, 0.2) is 6.04 Å². The van der Waals surface area contributed by atoms with Gasteiger partial charge in [-0.2, -0.15) is 0 Å². The lowest BCUT2D eigenvalue weighted by Gasteiger charge is -2.14. The smallest absolute Gasteiger partial charge is 0.328 e. The van der Waals surface area contributed by atoms with Gasteiger partial charge in [0.25, 0.3) is 5.91 Å². The number of aromatic nitrogens is 1. The van der Waals surface area contributed by atoms with Crippen molar-refractivity contribution >= 4 is 11.9 Å². The van der Waals surface area contributed by atoms with E-state index in [0.29, 0.717) is 5.56 Å². The molecular formula is C19H22N2O4. The highest BCUT2D eigenvalue weighted by Gasteiger charge is 2.23. The van der Waals surface area contributed by atoms with Gasteiger partial charge < -0.3 is 19.7 Å². The zero-order valence-electron chi connectivity index (χ0n) is 14.4. The molecule has 25 heavy (non-hydrogen) atoms. The lowest BCUT2D eigenvalue weighted by molar-refractivity contribution is -0.140. The third-order valence-corrected chi connectivity index (χ3v) is 3.81. The molecule has 132 valence electrons. The molecule has 0 spiro atoms. The maximum Gasteiger partial charge on any atom is 0.328 e. The molecule has 0 saturated carbocycles.